The normalized spacial score (nSPS) is 11.1. The highest BCUT2D eigenvalue weighted by atomic mass is 35.5. The van der Waals surface area contributed by atoms with Crippen LogP contribution >= 0.6 is 11.6 Å². The lowest BCUT2D eigenvalue weighted by atomic mass is 10.1. The van der Waals surface area contributed by atoms with Gasteiger partial charge in [-0.1, -0.05) is 37.6 Å². The van der Waals surface area contributed by atoms with Gasteiger partial charge in [0, 0.05) is 33.3 Å². The number of methoxy groups -OCH3 is 1. The number of nitrogens with zero attached hydrogens (tertiary/aromatic N) is 1. The molecule has 0 fully saturated rings. The number of halogens is 1. The summed E-state index contributed by atoms with van der Waals surface area (Å²) in [6.45, 7) is 6.81. The largest absolute Gasteiger partial charge is 0.383 e. The van der Waals surface area contributed by atoms with Crippen LogP contribution in [-0.2, 0) is 11.3 Å². The van der Waals surface area contributed by atoms with E-state index in [2.05, 4.69) is 37.2 Å². The molecule has 0 amide bonds. The predicted octanol–water partition coefficient (Wildman–Crippen LogP) is 3.70. The molecule has 0 aliphatic carbocycles. The van der Waals surface area contributed by atoms with Crippen LogP contribution < -0.4 is 10.2 Å². The minimum atomic E-state index is 0.521. The van der Waals surface area contributed by atoms with Crippen molar-refractivity contribution in [1.82, 2.24) is 5.32 Å². The Morgan fingerprint density at radius 3 is 2.60 bits per heavy atom. The van der Waals surface area contributed by atoms with Gasteiger partial charge in [-0.25, -0.2) is 0 Å². The van der Waals surface area contributed by atoms with Crippen LogP contribution in [-0.4, -0.2) is 33.4 Å². The van der Waals surface area contributed by atoms with Crippen LogP contribution in [0.2, 0.25) is 5.02 Å². The molecule has 0 radical (unpaired) electrons. The van der Waals surface area contributed by atoms with Crippen LogP contribution in [0.15, 0.2) is 18.2 Å². The van der Waals surface area contributed by atoms with Crippen molar-refractivity contribution >= 4 is 17.3 Å². The summed E-state index contributed by atoms with van der Waals surface area (Å²) in [5.41, 5.74) is 2.38. The smallest absolute Gasteiger partial charge is 0.0642 e. The Morgan fingerprint density at radius 1 is 1.30 bits per heavy atom. The first-order chi connectivity index (χ1) is 9.65. The molecule has 1 N–H and O–H groups in total. The Hall–Kier alpha value is -0.770. The fourth-order valence-electron chi connectivity index (χ4n) is 2.51. The molecule has 1 aromatic rings. The van der Waals surface area contributed by atoms with Crippen molar-refractivity contribution < 1.29 is 4.74 Å². The van der Waals surface area contributed by atoms with Gasteiger partial charge in [-0.3, -0.25) is 0 Å². The highest BCUT2D eigenvalue weighted by Crippen LogP contribution is 2.31. The zero-order chi connectivity index (χ0) is 15.0. The van der Waals surface area contributed by atoms with Crippen molar-refractivity contribution in [3.63, 3.8) is 0 Å². The summed E-state index contributed by atoms with van der Waals surface area (Å²) in [6, 6.07) is 6.64. The van der Waals surface area contributed by atoms with E-state index in [1.165, 1.54) is 5.56 Å². The summed E-state index contributed by atoms with van der Waals surface area (Å²) >= 11 is 6.43. The molecule has 0 aliphatic rings. The van der Waals surface area contributed by atoms with Crippen LogP contribution in [0.25, 0.3) is 0 Å². The van der Waals surface area contributed by atoms with Crippen LogP contribution in [0.3, 0.4) is 0 Å². The number of rotatable bonds is 9. The van der Waals surface area contributed by atoms with E-state index in [1.54, 1.807) is 7.11 Å². The summed E-state index contributed by atoms with van der Waals surface area (Å²) in [6.07, 6.45) is 2.24. The lowest BCUT2D eigenvalue weighted by molar-refractivity contribution is 0.199. The molecule has 114 valence electrons. The molecule has 0 bridgehead atoms. The van der Waals surface area contributed by atoms with E-state index in [1.807, 2.05) is 12.1 Å². The summed E-state index contributed by atoms with van der Waals surface area (Å²) in [4.78, 5) is 2.32. The number of hydrogen-bond acceptors (Lipinski definition) is 3. The van der Waals surface area contributed by atoms with Crippen molar-refractivity contribution in [2.45, 2.75) is 39.3 Å². The second kappa shape index (κ2) is 9.22. The minimum absolute atomic E-state index is 0.521. The number of anilines is 1. The van der Waals surface area contributed by atoms with E-state index in [4.69, 9.17) is 16.3 Å². The zero-order valence-electron chi connectivity index (χ0n) is 13.1. The topological polar surface area (TPSA) is 24.5 Å². The van der Waals surface area contributed by atoms with Crippen LogP contribution in [0, 0.1) is 0 Å². The molecule has 0 heterocycles. The molecule has 20 heavy (non-hydrogen) atoms. The Balaban J connectivity index is 2.87. The van der Waals surface area contributed by atoms with Gasteiger partial charge in [0.05, 0.1) is 17.3 Å². The molecule has 0 saturated carbocycles. The van der Waals surface area contributed by atoms with E-state index in [0.717, 1.165) is 43.2 Å². The van der Waals surface area contributed by atoms with Gasteiger partial charge in [-0.15, -0.1) is 0 Å². The van der Waals surface area contributed by atoms with Crippen LogP contribution in [0.5, 0.6) is 0 Å². The zero-order valence-corrected chi connectivity index (χ0v) is 13.8. The van der Waals surface area contributed by atoms with Gasteiger partial charge in [-0.05, 0) is 24.5 Å². The maximum atomic E-state index is 6.43. The first-order valence-electron chi connectivity index (χ1n) is 7.35. The number of para-hydroxylation sites is 1. The molecule has 4 heteroatoms. The molecule has 0 spiro atoms. The summed E-state index contributed by atoms with van der Waals surface area (Å²) in [7, 11) is 3.85. The third-order valence-electron chi connectivity index (χ3n) is 3.71. The maximum absolute atomic E-state index is 6.43. The number of benzene rings is 1. The molecular formula is C16H27ClN2O. The molecule has 0 aliphatic heterocycles. The molecule has 1 rings (SSSR count). The summed E-state index contributed by atoms with van der Waals surface area (Å²) < 4.78 is 5.06. The molecule has 3 nitrogen and oxygen atoms in total. The van der Waals surface area contributed by atoms with Crippen molar-refractivity contribution in [2.75, 3.05) is 32.2 Å². The maximum Gasteiger partial charge on any atom is 0.0642 e. The number of hydrogen-bond donors (Lipinski definition) is 1. The van der Waals surface area contributed by atoms with E-state index in [-0.39, 0.29) is 0 Å². The quantitative estimate of drug-likeness (QED) is 0.704. The Bertz CT molecular complexity index is 394. The average Bonchev–Trinajstić information content (AvgIpc) is 2.45. The highest BCUT2D eigenvalue weighted by molar-refractivity contribution is 6.33. The molecule has 0 atom stereocenters. The Labute approximate surface area is 128 Å². The van der Waals surface area contributed by atoms with E-state index in [9.17, 15) is 0 Å². The van der Waals surface area contributed by atoms with E-state index >= 15 is 0 Å². The Kier molecular flexibility index (Phi) is 7.97. The van der Waals surface area contributed by atoms with E-state index in [0.29, 0.717) is 6.04 Å². The van der Waals surface area contributed by atoms with Gasteiger partial charge in [0.15, 0.2) is 0 Å². The summed E-state index contributed by atoms with van der Waals surface area (Å²) in [5.74, 6) is 0. The molecule has 1 aromatic carbocycles. The third kappa shape index (κ3) is 4.65. The van der Waals surface area contributed by atoms with E-state index < -0.39 is 0 Å². The van der Waals surface area contributed by atoms with Gasteiger partial charge in [0.2, 0.25) is 0 Å². The molecule has 0 saturated heterocycles. The first-order valence-corrected chi connectivity index (χ1v) is 7.73. The van der Waals surface area contributed by atoms with Gasteiger partial charge >= 0.3 is 0 Å². The highest BCUT2D eigenvalue weighted by Gasteiger charge is 2.17. The van der Waals surface area contributed by atoms with Gasteiger partial charge in [-0.2, -0.15) is 0 Å². The molecule has 0 aromatic heterocycles. The Morgan fingerprint density at radius 2 is 2.00 bits per heavy atom. The lowest BCUT2D eigenvalue weighted by Gasteiger charge is -2.31. The van der Waals surface area contributed by atoms with Crippen LogP contribution in [0.1, 0.15) is 32.3 Å². The lowest BCUT2D eigenvalue weighted by Crippen LogP contribution is -2.32. The van der Waals surface area contributed by atoms with Crippen molar-refractivity contribution in [1.29, 1.82) is 0 Å². The first kappa shape index (κ1) is 17.3. The number of ether oxygens (including phenoxy) is 1. The second-order valence-electron chi connectivity index (χ2n) is 5.00. The average molecular weight is 299 g/mol. The standard InChI is InChI=1S/C16H27ClN2O/c1-5-14(6-2)19(3)16-13(8-7-9-15(16)17)12-18-10-11-20-4/h7-9,14,18H,5-6,10-12H2,1-4H3. The van der Waals surface area contributed by atoms with Crippen LogP contribution in [0.4, 0.5) is 5.69 Å². The second-order valence-corrected chi connectivity index (χ2v) is 5.41. The molecular weight excluding hydrogens is 272 g/mol. The summed E-state index contributed by atoms with van der Waals surface area (Å²) in [5, 5.41) is 4.21. The third-order valence-corrected chi connectivity index (χ3v) is 4.02. The van der Waals surface area contributed by atoms with Crippen molar-refractivity contribution in [2.24, 2.45) is 0 Å². The van der Waals surface area contributed by atoms with Gasteiger partial charge in [0.1, 0.15) is 0 Å². The van der Waals surface area contributed by atoms with Gasteiger partial charge in [0.25, 0.3) is 0 Å². The SMILES string of the molecule is CCC(CC)N(C)c1c(Cl)cccc1CNCCOC. The predicted molar refractivity (Wildman–Crippen MR) is 87.8 cm³/mol. The van der Waals surface area contributed by atoms with Crippen molar-refractivity contribution in [3.8, 4) is 0 Å². The minimum Gasteiger partial charge on any atom is -0.383 e. The fourth-order valence-corrected chi connectivity index (χ4v) is 2.84. The van der Waals surface area contributed by atoms with Gasteiger partial charge < -0.3 is 15.0 Å². The fraction of sp³-hybridized carbons (Fsp3) is 0.625. The monoisotopic (exact) mass is 298 g/mol. The molecule has 0 unspecified atom stereocenters. The van der Waals surface area contributed by atoms with Crippen molar-refractivity contribution in [3.05, 3.63) is 28.8 Å². The number of nitrogens with one attached hydrogen (secondary N) is 1.